The Morgan fingerprint density at radius 3 is 2.36 bits per heavy atom. The number of benzene rings is 1. The number of nitrogens with zero attached hydrogens (tertiary/aromatic N) is 1. The number of para-hydroxylation sites is 1. The van der Waals surface area contributed by atoms with Crippen molar-refractivity contribution < 1.29 is 0 Å². The normalized spacial score (nSPS) is 9.73. The lowest BCUT2D eigenvalue weighted by atomic mass is 10.2. The van der Waals surface area contributed by atoms with Gasteiger partial charge >= 0.3 is 0 Å². The Bertz CT molecular complexity index is 233. The Labute approximate surface area is 73.4 Å². The molecule has 1 radical (unpaired) electrons. The van der Waals surface area contributed by atoms with Crippen molar-refractivity contribution in [2.24, 2.45) is 0 Å². The van der Waals surface area contributed by atoms with Gasteiger partial charge in [0.1, 0.15) is 0 Å². The molecule has 0 spiro atoms. The van der Waals surface area contributed by atoms with Crippen LogP contribution in [0.25, 0.3) is 0 Å². The first kappa shape index (κ1) is 8.47. The maximum absolute atomic E-state index is 5.00. The third-order valence-electron chi connectivity index (χ3n) is 1.63. The van der Waals surface area contributed by atoms with Crippen molar-refractivity contribution in [3.8, 4) is 0 Å². The van der Waals surface area contributed by atoms with Crippen LogP contribution in [0.15, 0.2) is 24.3 Å². The van der Waals surface area contributed by atoms with Crippen molar-refractivity contribution in [3.05, 3.63) is 29.8 Å². The molecule has 1 aromatic rings. The van der Waals surface area contributed by atoms with E-state index >= 15 is 0 Å². The zero-order valence-electron chi connectivity index (χ0n) is 6.87. The van der Waals surface area contributed by atoms with E-state index in [2.05, 4.69) is 17.0 Å². The Balaban J connectivity index is 3.02. The van der Waals surface area contributed by atoms with Crippen molar-refractivity contribution in [1.82, 2.24) is 0 Å². The minimum absolute atomic E-state index is 0.689. The number of hydrogen-bond donors (Lipinski definition) is 0. The molecule has 1 nitrogen and oxygen atoms in total. The number of rotatable bonds is 2. The molecule has 0 heterocycles. The molecule has 11 heavy (non-hydrogen) atoms. The lowest BCUT2D eigenvalue weighted by Gasteiger charge is -2.15. The summed E-state index contributed by atoms with van der Waals surface area (Å²) in [5.74, 6) is 0.689. The molecule has 0 aromatic heterocycles. The minimum atomic E-state index is 0.689. The van der Waals surface area contributed by atoms with Gasteiger partial charge in [-0.1, -0.05) is 30.8 Å². The molecule has 1 rings (SSSR count). The number of hydrogen-bond acceptors (Lipinski definition) is 1. The largest absolute Gasteiger partial charge is 0.377 e. The molecule has 0 unspecified atom stereocenters. The molecule has 0 aliphatic rings. The van der Waals surface area contributed by atoms with Gasteiger partial charge in [0, 0.05) is 25.5 Å². The van der Waals surface area contributed by atoms with Gasteiger partial charge in [-0.15, -0.1) is 0 Å². The lowest BCUT2D eigenvalue weighted by molar-refractivity contribution is 1.11. The first-order chi connectivity index (χ1) is 5.25. The highest BCUT2D eigenvalue weighted by molar-refractivity contribution is 7.79. The number of anilines is 1. The average molecular weight is 166 g/mol. The monoisotopic (exact) mass is 166 g/mol. The molecule has 0 bridgehead atoms. The first-order valence-electron chi connectivity index (χ1n) is 3.59. The summed E-state index contributed by atoms with van der Waals surface area (Å²) in [4.78, 5) is 2.08. The van der Waals surface area contributed by atoms with Crippen molar-refractivity contribution in [1.29, 1.82) is 0 Å². The molecule has 0 saturated heterocycles. The summed E-state index contributed by atoms with van der Waals surface area (Å²) in [5, 5.41) is 0. The van der Waals surface area contributed by atoms with Crippen LogP contribution in [0.4, 0.5) is 5.69 Å². The van der Waals surface area contributed by atoms with E-state index in [1.165, 1.54) is 11.3 Å². The van der Waals surface area contributed by atoms with Gasteiger partial charge in [0.2, 0.25) is 0 Å². The first-order valence-corrected chi connectivity index (χ1v) is 4.16. The van der Waals surface area contributed by atoms with E-state index < -0.39 is 0 Å². The Hall–Kier alpha value is -0.630. The quantitative estimate of drug-likeness (QED) is 0.652. The topological polar surface area (TPSA) is 3.24 Å². The third kappa shape index (κ3) is 1.90. The van der Waals surface area contributed by atoms with Crippen LogP contribution in [0.1, 0.15) is 5.56 Å². The summed E-state index contributed by atoms with van der Waals surface area (Å²) in [6.45, 7) is 0. The predicted molar refractivity (Wildman–Crippen MR) is 52.1 cm³/mol. The van der Waals surface area contributed by atoms with E-state index in [-0.39, 0.29) is 0 Å². The van der Waals surface area contributed by atoms with Crippen LogP contribution in [-0.2, 0) is 5.75 Å². The van der Waals surface area contributed by atoms with Gasteiger partial charge in [0.25, 0.3) is 0 Å². The fraction of sp³-hybridized carbons (Fsp3) is 0.333. The lowest BCUT2D eigenvalue weighted by Crippen LogP contribution is -2.10. The minimum Gasteiger partial charge on any atom is -0.377 e. The van der Waals surface area contributed by atoms with Crippen LogP contribution in [0.5, 0.6) is 0 Å². The molecule has 0 atom stereocenters. The van der Waals surface area contributed by atoms with Crippen molar-refractivity contribution in [3.63, 3.8) is 0 Å². The fourth-order valence-electron chi connectivity index (χ4n) is 1.07. The highest BCUT2D eigenvalue weighted by atomic mass is 32.1. The van der Waals surface area contributed by atoms with E-state index in [9.17, 15) is 0 Å². The average Bonchev–Trinajstić information content (AvgIpc) is 2.04. The zero-order chi connectivity index (χ0) is 8.27. The molecule has 0 amide bonds. The molecular formula is C9H12NS. The highest BCUT2D eigenvalue weighted by Gasteiger charge is 1.99. The van der Waals surface area contributed by atoms with Crippen LogP contribution in [0, 0.1) is 0 Å². The molecule has 0 saturated carbocycles. The molecule has 1 aromatic carbocycles. The van der Waals surface area contributed by atoms with E-state index in [0.717, 1.165) is 0 Å². The second-order valence-electron chi connectivity index (χ2n) is 2.67. The van der Waals surface area contributed by atoms with Crippen LogP contribution >= 0.6 is 12.6 Å². The van der Waals surface area contributed by atoms with Crippen LogP contribution in [0.2, 0.25) is 0 Å². The Morgan fingerprint density at radius 2 is 1.91 bits per heavy atom. The second-order valence-corrected chi connectivity index (χ2v) is 2.96. The second kappa shape index (κ2) is 3.67. The third-order valence-corrected chi connectivity index (χ3v) is 1.94. The van der Waals surface area contributed by atoms with E-state index in [1.807, 2.05) is 26.2 Å². The van der Waals surface area contributed by atoms with E-state index in [1.54, 1.807) is 0 Å². The standard InChI is InChI=1S/C9H12NS/c1-10(2)9-6-4-3-5-8(9)7-11/h3-6H,7H2,1-2H3. The fourth-order valence-corrected chi connectivity index (χ4v) is 1.31. The Morgan fingerprint density at radius 1 is 1.27 bits per heavy atom. The van der Waals surface area contributed by atoms with Gasteiger partial charge in [-0.25, -0.2) is 0 Å². The molecule has 2 heteroatoms. The van der Waals surface area contributed by atoms with Gasteiger partial charge < -0.3 is 4.90 Å². The van der Waals surface area contributed by atoms with Gasteiger partial charge in [0.15, 0.2) is 0 Å². The smallest absolute Gasteiger partial charge is 0.0402 e. The van der Waals surface area contributed by atoms with Crippen LogP contribution in [0.3, 0.4) is 0 Å². The van der Waals surface area contributed by atoms with Gasteiger partial charge in [0.05, 0.1) is 0 Å². The van der Waals surface area contributed by atoms with Gasteiger partial charge in [-0.2, -0.15) is 0 Å². The summed E-state index contributed by atoms with van der Waals surface area (Å²) < 4.78 is 0. The van der Waals surface area contributed by atoms with Crippen LogP contribution < -0.4 is 4.90 Å². The van der Waals surface area contributed by atoms with Crippen molar-refractivity contribution in [2.75, 3.05) is 19.0 Å². The molecule has 59 valence electrons. The van der Waals surface area contributed by atoms with E-state index in [0.29, 0.717) is 5.75 Å². The van der Waals surface area contributed by atoms with Crippen LogP contribution in [-0.4, -0.2) is 14.1 Å². The summed E-state index contributed by atoms with van der Waals surface area (Å²) in [7, 11) is 4.06. The molecular weight excluding hydrogens is 154 g/mol. The van der Waals surface area contributed by atoms with Gasteiger partial charge in [-0.05, 0) is 11.6 Å². The molecule has 0 aliphatic carbocycles. The Kier molecular flexibility index (Phi) is 2.83. The molecule has 0 aliphatic heterocycles. The zero-order valence-corrected chi connectivity index (χ0v) is 7.69. The molecule has 0 N–H and O–H groups in total. The summed E-state index contributed by atoms with van der Waals surface area (Å²) in [5.41, 5.74) is 2.45. The van der Waals surface area contributed by atoms with Crippen molar-refractivity contribution in [2.45, 2.75) is 5.75 Å². The summed E-state index contributed by atoms with van der Waals surface area (Å²) in [6, 6.07) is 8.21. The maximum atomic E-state index is 5.00. The van der Waals surface area contributed by atoms with Gasteiger partial charge in [-0.3, -0.25) is 0 Å². The maximum Gasteiger partial charge on any atom is 0.0402 e. The van der Waals surface area contributed by atoms with E-state index in [4.69, 9.17) is 12.6 Å². The highest BCUT2D eigenvalue weighted by Crippen LogP contribution is 2.18. The predicted octanol–water partition coefficient (Wildman–Crippen LogP) is 2.45. The summed E-state index contributed by atoms with van der Waals surface area (Å²) in [6.07, 6.45) is 0. The SMILES string of the molecule is CN(C)c1ccccc1C[S]. The molecule has 0 fully saturated rings. The summed E-state index contributed by atoms with van der Waals surface area (Å²) >= 11 is 5.00. The van der Waals surface area contributed by atoms with Crippen molar-refractivity contribution >= 4 is 18.3 Å².